The van der Waals surface area contributed by atoms with Crippen LogP contribution in [0, 0.1) is 0 Å². The Morgan fingerprint density at radius 2 is 0.778 bits per heavy atom. The fourth-order valence-electron chi connectivity index (χ4n) is 0. The predicted octanol–water partition coefficient (Wildman–Crippen LogP) is 2.42. The predicted molar refractivity (Wildman–Crippen MR) is 12.3 cm³/mol. The first kappa shape index (κ1) is 11.3. The molecule has 9 heavy (non-hydrogen) atoms. The van der Waals surface area contributed by atoms with Gasteiger partial charge in [0.05, 0.1) is 0 Å². The van der Waals surface area contributed by atoms with Gasteiger partial charge in [0.15, 0.2) is 5.57 Å². The first-order chi connectivity index (χ1) is 3.73. The van der Waals surface area contributed by atoms with Crippen LogP contribution in [0.15, 0.2) is 0 Å². The Morgan fingerprint density at radius 1 is 0.778 bits per heavy atom. The molecule has 0 spiro atoms. The first-order valence-electron chi connectivity index (χ1n) is 1.26. The van der Waals surface area contributed by atoms with E-state index in [0.717, 1.165) is 0 Å². The van der Waals surface area contributed by atoms with Crippen LogP contribution in [0.25, 0.3) is 0 Å². The largest absolute Gasteiger partial charge is 0.559 e. The zero-order valence-corrected chi connectivity index (χ0v) is 3.59. The lowest BCUT2D eigenvalue weighted by atomic mass is 11.5. The summed E-state index contributed by atoms with van der Waals surface area (Å²) in [6.45, 7) is 0. The quantitative estimate of drug-likeness (QED) is 0.387. The van der Waals surface area contributed by atoms with Crippen molar-refractivity contribution in [1.29, 1.82) is 0 Å². The second kappa shape index (κ2) is 4.36. The van der Waals surface area contributed by atoms with Crippen LogP contribution in [0.5, 0.6) is 0 Å². The third-order valence-corrected chi connectivity index (χ3v) is 0. The summed E-state index contributed by atoms with van der Waals surface area (Å²) in [5.41, 5.74) is -2.50. The summed E-state index contributed by atoms with van der Waals surface area (Å²) in [5.74, 6) is 0. The highest BCUT2D eigenvalue weighted by Crippen LogP contribution is 2.13. The molecule has 0 amide bonds. The number of nitrogens with zero attached hydrogens (tertiary/aromatic N) is 1. The summed E-state index contributed by atoms with van der Waals surface area (Å²) in [6.07, 6.45) is -5.50. The van der Waals surface area contributed by atoms with Gasteiger partial charge >= 0.3 is 6.43 Å². The molecule has 0 rings (SSSR count). The van der Waals surface area contributed by atoms with E-state index >= 15 is 0 Å². The molecule has 0 aromatic rings. The van der Waals surface area contributed by atoms with Gasteiger partial charge in [0.25, 0.3) is 0 Å². The highest BCUT2D eigenvalue weighted by atomic mass is 19.5. The number of rotatable bonds is 0. The summed E-state index contributed by atoms with van der Waals surface area (Å²) in [7, 11) is 0. The summed E-state index contributed by atoms with van der Waals surface area (Å²) in [4.78, 5) is 0. The Balaban J connectivity index is 0. The van der Waals surface area contributed by atoms with Crippen LogP contribution in [-0.4, -0.2) is 12.0 Å². The standard InChI is InChI=1S/CF4.F3N/c2-1(3,4)5;1-4(2)3. The average Bonchev–Trinajstić information content (AvgIpc) is 1.19. The van der Waals surface area contributed by atoms with E-state index in [4.69, 9.17) is 0 Å². The van der Waals surface area contributed by atoms with Gasteiger partial charge in [0, 0.05) is 0 Å². The number of alkyl halides is 4. The highest BCUT2D eigenvalue weighted by Gasteiger charge is 2.24. The molecule has 1 nitrogen and oxygen atoms in total. The summed E-state index contributed by atoms with van der Waals surface area (Å²) >= 11 is 0. The van der Waals surface area contributed by atoms with Gasteiger partial charge in [-0.2, -0.15) is 0 Å². The van der Waals surface area contributed by atoms with Crippen LogP contribution in [0.1, 0.15) is 0 Å². The van der Waals surface area contributed by atoms with E-state index in [1.54, 1.807) is 0 Å². The van der Waals surface area contributed by atoms with Crippen LogP contribution < -0.4 is 0 Å². The van der Waals surface area contributed by atoms with Gasteiger partial charge in [-0.25, -0.2) is 0 Å². The lowest BCUT2D eigenvalue weighted by Crippen LogP contribution is -1.92. The molecular formula is CF7N. The molecule has 0 N–H and O–H groups in total. The topological polar surface area (TPSA) is 3.24 Å². The molecule has 0 saturated carbocycles. The molecule has 0 aliphatic rings. The first-order valence-corrected chi connectivity index (χ1v) is 1.26. The van der Waals surface area contributed by atoms with E-state index in [1.807, 2.05) is 0 Å². The lowest BCUT2D eigenvalue weighted by molar-refractivity contribution is -0.295. The molecule has 0 aliphatic heterocycles. The SMILES string of the molecule is FC(F)(F)F.FN(F)F. The van der Waals surface area contributed by atoms with Crippen LogP contribution in [0.3, 0.4) is 0 Å². The second-order valence-corrected chi connectivity index (χ2v) is 0.620. The number of hydrogen-bond donors (Lipinski definition) is 0. The average molecular weight is 159 g/mol. The van der Waals surface area contributed by atoms with E-state index in [1.165, 1.54) is 0 Å². The molecule has 8 heteroatoms. The third kappa shape index (κ3) is 796. The van der Waals surface area contributed by atoms with Crippen LogP contribution in [0.2, 0.25) is 0 Å². The fourth-order valence-corrected chi connectivity index (χ4v) is 0. The zero-order chi connectivity index (χ0) is 8.08. The van der Waals surface area contributed by atoms with Gasteiger partial charge in [0.2, 0.25) is 0 Å². The van der Waals surface area contributed by atoms with Crippen molar-refractivity contribution in [2.45, 2.75) is 6.43 Å². The maximum atomic E-state index is 9.69. The molecule has 0 radical (unpaired) electrons. The van der Waals surface area contributed by atoms with Gasteiger partial charge in [0.1, 0.15) is 0 Å². The second-order valence-electron chi connectivity index (χ2n) is 0.620. The smallest absolute Gasteiger partial charge is 0.140 e. The summed E-state index contributed by atoms with van der Waals surface area (Å²) in [6, 6.07) is 0. The van der Waals surface area contributed by atoms with Crippen molar-refractivity contribution in [2.75, 3.05) is 0 Å². The Kier molecular flexibility index (Phi) is 5.47. The Bertz CT molecular complexity index is 45.7. The molecule has 0 fully saturated rings. The van der Waals surface area contributed by atoms with Crippen molar-refractivity contribution in [3.05, 3.63) is 0 Å². The minimum atomic E-state index is -5.50. The molecule has 0 aromatic heterocycles. The molecule has 0 atom stereocenters. The zero-order valence-electron chi connectivity index (χ0n) is 3.59. The molecule has 0 saturated heterocycles. The van der Waals surface area contributed by atoms with Gasteiger partial charge in [-0.05, 0) is 0 Å². The van der Waals surface area contributed by atoms with E-state index in [9.17, 15) is 31.0 Å². The van der Waals surface area contributed by atoms with Crippen molar-refractivity contribution in [2.24, 2.45) is 0 Å². The van der Waals surface area contributed by atoms with Gasteiger partial charge in [-0.15, -0.1) is 17.6 Å². The molecule has 0 heterocycles. The lowest BCUT2D eigenvalue weighted by Gasteiger charge is -1.82. The fraction of sp³-hybridized carbons (Fsp3) is 1.00. The molecule has 0 aromatic carbocycles. The van der Waals surface area contributed by atoms with Crippen molar-refractivity contribution in [3.63, 3.8) is 0 Å². The molecule has 0 bridgehead atoms. The monoisotopic (exact) mass is 159 g/mol. The van der Waals surface area contributed by atoms with Crippen LogP contribution >= 0.6 is 0 Å². The van der Waals surface area contributed by atoms with Crippen molar-refractivity contribution >= 4 is 0 Å². The van der Waals surface area contributed by atoms with Crippen LogP contribution in [-0.2, 0) is 0 Å². The molecule has 0 unspecified atom stereocenters. The third-order valence-electron chi connectivity index (χ3n) is 0. The molecule has 58 valence electrons. The van der Waals surface area contributed by atoms with Crippen molar-refractivity contribution < 1.29 is 31.0 Å². The maximum Gasteiger partial charge on any atom is 0.559 e. The summed E-state index contributed by atoms with van der Waals surface area (Å²) < 4.78 is 67.2. The Morgan fingerprint density at radius 3 is 0.778 bits per heavy atom. The normalized spacial score (nSPS) is 10.7. The number of hydrogen-bond acceptors (Lipinski definition) is 1. The minimum absolute atomic E-state index is 2.50. The molecule has 0 aliphatic carbocycles. The van der Waals surface area contributed by atoms with E-state index in [0.29, 0.717) is 0 Å². The molecular weight excluding hydrogens is 159 g/mol. The Labute approximate surface area is 44.5 Å². The van der Waals surface area contributed by atoms with Crippen LogP contribution in [0.4, 0.5) is 31.0 Å². The van der Waals surface area contributed by atoms with E-state index in [2.05, 4.69) is 0 Å². The highest BCUT2D eigenvalue weighted by molar-refractivity contribution is 4.08. The number of halogens is 7. The van der Waals surface area contributed by atoms with Crippen molar-refractivity contribution in [3.8, 4) is 0 Å². The maximum absolute atomic E-state index is 9.69. The van der Waals surface area contributed by atoms with Gasteiger partial charge in [-0.3, -0.25) is 0 Å². The van der Waals surface area contributed by atoms with E-state index in [-0.39, 0.29) is 0 Å². The minimum Gasteiger partial charge on any atom is -0.140 e. The van der Waals surface area contributed by atoms with Gasteiger partial charge in [-0.1, -0.05) is 13.4 Å². The summed E-state index contributed by atoms with van der Waals surface area (Å²) in [5, 5.41) is 0. The van der Waals surface area contributed by atoms with Crippen molar-refractivity contribution in [1.82, 2.24) is 5.57 Å². The van der Waals surface area contributed by atoms with Gasteiger partial charge < -0.3 is 0 Å². The Hall–Kier alpha value is -0.530. The van der Waals surface area contributed by atoms with E-state index < -0.39 is 12.0 Å².